The molecule has 5 heteroatoms. The maximum absolute atomic E-state index is 13.1. The Kier molecular flexibility index (Phi) is 3.85. The summed E-state index contributed by atoms with van der Waals surface area (Å²) in [6, 6.07) is 4.74. The molecule has 0 aliphatic heterocycles. The van der Waals surface area contributed by atoms with Crippen molar-refractivity contribution in [1.82, 2.24) is 14.9 Å². The summed E-state index contributed by atoms with van der Waals surface area (Å²) in [5, 5.41) is 0. The Hall–Kier alpha value is -2.30. The quantitative estimate of drug-likeness (QED) is 0.850. The fourth-order valence-electron chi connectivity index (χ4n) is 1.76. The van der Waals surface area contributed by atoms with Crippen molar-refractivity contribution in [2.45, 2.75) is 13.0 Å². The summed E-state index contributed by atoms with van der Waals surface area (Å²) in [5.74, 6) is -0.795. The average molecular weight is 259 g/mol. The summed E-state index contributed by atoms with van der Waals surface area (Å²) in [4.78, 5) is 21.5. The van der Waals surface area contributed by atoms with Crippen LogP contribution in [0.15, 0.2) is 43.0 Å². The predicted molar refractivity (Wildman–Crippen MR) is 68.9 cm³/mol. The van der Waals surface area contributed by atoms with Crippen molar-refractivity contribution in [3.63, 3.8) is 0 Å². The fourth-order valence-corrected chi connectivity index (χ4v) is 1.76. The highest BCUT2D eigenvalue weighted by Gasteiger charge is 2.19. The van der Waals surface area contributed by atoms with Gasteiger partial charge in [0.1, 0.15) is 5.82 Å². The van der Waals surface area contributed by atoms with Crippen molar-refractivity contribution in [3.8, 4) is 0 Å². The van der Waals surface area contributed by atoms with Gasteiger partial charge in [0.25, 0.3) is 5.91 Å². The van der Waals surface area contributed by atoms with Gasteiger partial charge in [0, 0.05) is 25.6 Å². The second-order valence-electron chi connectivity index (χ2n) is 4.27. The van der Waals surface area contributed by atoms with E-state index in [1.54, 1.807) is 19.4 Å². The fraction of sp³-hybridized carbons (Fsp3) is 0.214. The Bertz CT molecular complexity index is 574. The minimum Gasteiger partial charge on any atom is -0.335 e. The van der Waals surface area contributed by atoms with Crippen LogP contribution in [-0.2, 0) is 0 Å². The number of aromatic nitrogens is 2. The Morgan fingerprint density at radius 3 is 2.74 bits per heavy atom. The van der Waals surface area contributed by atoms with E-state index in [0.29, 0.717) is 0 Å². The molecule has 0 unspecified atom stereocenters. The van der Waals surface area contributed by atoms with Gasteiger partial charge in [-0.15, -0.1) is 0 Å². The van der Waals surface area contributed by atoms with Gasteiger partial charge < -0.3 is 4.90 Å². The molecule has 0 radical (unpaired) electrons. The summed E-state index contributed by atoms with van der Waals surface area (Å²) in [6.45, 7) is 1.89. The smallest absolute Gasteiger partial charge is 0.255 e. The van der Waals surface area contributed by atoms with Crippen LogP contribution in [0.3, 0.4) is 0 Å². The molecule has 1 amide bonds. The zero-order valence-corrected chi connectivity index (χ0v) is 10.7. The van der Waals surface area contributed by atoms with E-state index < -0.39 is 5.82 Å². The van der Waals surface area contributed by atoms with Crippen molar-refractivity contribution in [1.29, 1.82) is 0 Å². The lowest BCUT2D eigenvalue weighted by atomic mass is 10.1. The number of nitrogens with zero attached hydrogens (tertiary/aromatic N) is 3. The lowest BCUT2D eigenvalue weighted by Crippen LogP contribution is -2.29. The molecular weight excluding hydrogens is 245 g/mol. The van der Waals surface area contributed by atoms with Gasteiger partial charge in [-0.2, -0.15) is 0 Å². The SMILES string of the molecule is C[C@@H](c1cccnc1)N(C)C(=O)c1cncc(F)c1. The molecule has 0 saturated carbocycles. The van der Waals surface area contributed by atoms with Crippen LogP contribution in [0.4, 0.5) is 4.39 Å². The molecule has 0 saturated heterocycles. The normalized spacial score (nSPS) is 11.9. The number of halogens is 1. The molecule has 19 heavy (non-hydrogen) atoms. The van der Waals surface area contributed by atoms with Crippen molar-refractivity contribution in [2.75, 3.05) is 7.05 Å². The van der Waals surface area contributed by atoms with Crippen LogP contribution >= 0.6 is 0 Å². The number of pyridine rings is 2. The third-order valence-corrected chi connectivity index (χ3v) is 3.02. The minimum absolute atomic E-state index is 0.149. The summed E-state index contributed by atoms with van der Waals surface area (Å²) >= 11 is 0. The molecule has 4 nitrogen and oxygen atoms in total. The summed E-state index contributed by atoms with van der Waals surface area (Å²) in [7, 11) is 1.67. The molecule has 2 heterocycles. The van der Waals surface area contributed by atoms with E-state index in [4.69, 9.17) is 0 Å². The van der Waals surface area contributed by atoms with Crippen molar-refractivity contribution < 1.29 is 9.18 Å². The van der Waals surface area contributed by atoms with Crippen LogP contribution in [0.1, 0.15) is 28.9 Å². The van der Waals surface area contributed by atoms with Crippen LogP contribution < -0.4 is 0 Å². The molecule has 2 aromatic heterocycles. The zero-order valence-electron chi connectivity index (χ0n) is 10.7. The summed E-state index contributed by atoms with van der Waals surface area (Å²) in [5.41, 5.74) is 1.15. The molecule has 98 valence electrons. The lowest BCUT2D eigenvalue weighted by molar-refractivity contribution is 0.0741. The van der Waals surface area contributed by atoms with Crippen molar-refractivity contribution in [2.24, 2.45) is 0 Å². The average Bonchev–Trinajstić information content (AvgIpc) is 2.46. The van der Waals surface area contributed by atoms with Gasteiger partial charge in [-0.25, -0.2) is 4.39 Å². The molecular formula is C14H14FN3O. The molecule has 0 aliphatic carbocycles. The highest BCUT2D eigenvalue weighted by atomic mass is 19.1. The van der Waals surface area contributed by atoms with E-state index in [0.717, 1.165) is 11.8 Å². The second kappa shape index (κ2) is 5.56. The number of hydrogen-bond donors (Lipinski definition) is 0. The van der Waals surface area contributed by atoms with E-state index >= 15 is 0 Å². The van der Waals surface area contributed by atoms with E-state index in [2.05, 4.69) is 9.97 Å². The monoisotopic (exact) mass is 259 g/mol. The van der Waals surface area contributed by atoms with Crippen LogP contribution in [0.5, 0.6) is 0 Å². The van der Waals surface area contributed by atoms with Crippen LogP contribution in [-0.4, -0.2) is 27.8 Å². The number of carbonyl (C=O) groups is 1. The van der Waals surface area contributed by atoms with Crippen molar-refractivity contribution in [3.05, 3.63) is 59.9 Å². The molecule has 2 aromatic rings. The first kappa shape index (κ1) is 13.1. The minimum atomic E-state index is -0.520. The Labute approximate surface area is 110 Å². The highest BCUT2D eigenvalue weighted by Crippen LogP contribution is 2.19. The summed E-state index contributed by atoms with van der Waals surface area (Å²) in [6.07, 6.45) is 5.81. The van der Waals surface area contributed by atoms with Gasteiger partial charge in [-0.05, 0) is 24.6 Å². The lowest BCUT2D eigenvalue weighted by Gasteiger charge is -2.25. The number of rotatable bonds is 3. The zero-order chi connectivity index (χ0) is 13.8. The van der Waals surface area contributed by atoms with Gasteiger partial charge >= 0.3 is 0 Å². The number of amides is 1. The Morgan fingerprint density at radius 1 is 1.32 bits per heavy atom. The molecule has 0 spiro atoms. The van der Waals surface area contributed by atoms with E-state index in [9.17, 15) is 9.18 Å². The highest BCUT2D eigenvalue weighted by molar-refractivity contribution is 5.94. The van der Waals surface area contributed by atoms with Crippen LogP contribution in [0, 0.1) is 5.82 Å². The molecule has 0 fully saturated rings. The van der Waals surface area contributed by atoms with E-state index in [-0.39, 0.29) is 17.5 Å². The third-order valence-electron chi connectivity index (χ3n) is 3.02. The van der Waals surface area contributed by atoms with Gasteiger partial charge in [0.2, 0.25) is 0 Å². The first-order chi connectivity index (χ1) is 9.09. The predicted octanol–water partition coefficient (Wildman–Crippen LogP) is 2.45. The third kappa shape index (κ3) is 2.93. The van der Waals surface area contributed by atoms with E-state index in [1.807, 2.05) is 19.1 Å². The van der Waals surface area contributed by atoms with Gasteiger partial charge in [-0.3, -0.25) is 14.8 Å². The topological polar surface area (TPSA) is 46.1 Å². The number of carbonyl (C=O) groups excluding carboxylic acids is 1. The maximum atomic E-state index is 13.1. The Balaban J connectivity index is 2.20. The number of hydrogen-bond acceptors (Lipinski definition) is 3. The summed E-state index contributed by atoms with van der Waals surface area (Å²) < 4.78 is 13.1. The van der Waals surface area contributed by atoms with Gasteiger partial charge in [-0.1, -0.05) is 6.07 Å². The molecule has 0 bridgehead atoms. The molecule has 1 atom stereocenters. The second-order valence-corrected chi connectivity index (χ2v) is 4.27. The molecule has 0 N–H and O–H groups in total. The van der Waals surface area contributed by atoms with Gasteiger partial charge in [0.05, 0.1) is 17.8 Å². The standard InChI is InChI=1S/C14H14FN3O/c1-10(11-4-3-5-16-7-11)18(2)14(19)12-6-13(15)9-17-8-12/h3-10H,1-2H3/t10-/m0/s1. The van der Waals surface area contributed by atoms with E-state index in [1.165, 1.54) is 17.2 Å². The maximum Gasteiger partial charge on any atom is 0.255 e. The molecule has 0 aliphatic rings. The van der Waals surface area contributed by atoms with Crippen LogP contribution in [0.25, 0.3) is 0 Å². The molecule has 0 aromatic carbocycles. The van der Waals surface area contributed by atoms with Crippen molar-refractivity contribution >= 4 is 5.91 Å². The van der Waals surface area contributed by atoms with Gasteiger partial charge in [0.15, 0.2) is 0 Å². The first-order valence-corrected chi connectivity index (χ1v) is 5.87. The first-order valence-electron chi connectivity index (χ1n) is 5.87. The molecule has 2 rings (SSSR count). The van der Waals surface area contributed by atoms with Crippen LogP contribution in [0.2, 0.25) is 0 Å². The largest absolute Gasteiger partial charge is 0.335 e. The Morgan fingerprint density at radius 2 is 2.11 bits per heavy atom.